The highest BCUT2D eigenvalue weighted by molar-refractivity contribution is 5.11. The van der Waals surface area contributed by atoms with Crippen LogP contribution in [0.15, 0.2) is 11.0 Å². The van der Waals surface area contributed by atoms with Gasteiger partial charge < -0.3 is 5.10 Å². The normalized spacial score (nSPS) is 20.9. The molecule has 0 bridgehead atoms. The Kier molecular flexibility index (Phi) is 6.41. The van der Waals surface area contributed by atoms with Crippen LogP contribution < -0.4 is 5.56 Å². The van der Waals surface area contributed by atoms with E-state index >= 15 is 0 Å². The van der Waals surface area contributed by atoms with Crippen LogP contribution in [0.2, 0.25) is 0 Å². The lowest BCUT2D eigenvalue weighted by Crippen LogP contribution is -2.18. The van der Waals surface area contributed by atoms with E-state index in [-0.39, 0.29) is 5.56 Å². The van der Waals surface area contributed by atoms with Gasteiger partial charge in [-0.15, -0.1) is 0 Å². The van der Waals surface area contributed by atoms with Gasteiger partial charge in [-0.3, -0.25) is 9.48 Å². The van der Waals surface area contributed by atoms with E-state index < -0.39 is 0 Å². The largest absolute Gasteiger partial charge is 0.303 e. The van der Waals surface area contributed by atoms with E-state index in [2.05, 4.69) is 5.10 Å². The molecule has 20 heavy (non-hydrogen) atoms. The zero-order chi connectivity index (χ0) is 14.2. The van der Waals surface area contributed by atoms with Gasteiger partial charge in [-0.2, -0.15) is 0 Å². The molecule has 0 spiro atoms. The van der Waals surface area contributed by atoms with Crippen molar-refractivity contribution >= 4 is 0 Å². The van der Waals surface area contributed by atoms with E-state index in [9.17, 15) is 4.79 Å². The number of aromatic amines is 1. The Morgan fingerprint density at radius 1 is 0.900 bits per heavy atom. The quantitative estimate of drug-likeness (QED) is 0.807. The number of aromatic nitrogens is 2. The second-order valence-corrected chi connectivity index (χ2v) is 6.40. The van der Waals surface area contributed by atoms with Crippen molar-refractivity contribution in [2.75, 3.05) is 0 Å². The predicted molar refractivity (Wildman–Crippen MR) is 84.2 cm³/mol. The van der Waals surface area contributed by atoms with E-state index in [0.29, 0.717) is 5.92 Å². The Balaban J connectivity index is 1.96. The summed E-state index contributed by atoms with van der Waals surface area (Å²) in [6.07, 6.45) is 17.9. The molecule has 0 amide bonds. The maximum atomic E-state index is 12.1. The Bertz CT molecular complexity index is 418. The number of nitrogens with one attached hydrogen (secondary N) is 1. The summed E-state index contributed by atoms with van der Waals surface area (Å²) >= 11 is 0. The second kappa shape index (κ2) is 8.33. The van der Waals surface area contributed by atoms with Gasteiger partial charge in [-0.05, 0) is 18.8 Å². The van der Waals surface area contributed by atoms with E-state index in [1.807, 2.05) is 13.2 Å². The van der Waals surface area contributed by atoms with E-state index in [4.69, 9.17) is 0 Å². The molecule has 0 aromatic carbocycles. The van der Waals surface area contributed by atoms with Gasteiger partial charge in [0.1, 0.15) is 0 Å². The molecule has 2 rings (SSSR count). The summed E-state index contributed by atoms with van der Waals surface area (Å²) in [6, 6.07) is 0. The van der Waals surface area contributed by atoms with Crippen LogP contribution in [0.5, 0.6) is 0 Å². The highest BCUT2D eigenvalue weighted by atomic mass is 16.1. The first-order valence-electron chi connectivity index (χ1n) is 8.53. The average Bonchev–Trinajstić information content (AvgIpc) is 2.78. The van der Waals surface area contributed by atoms with Crippen LogP contribution in [-0.4, -0.2) is 9.78 Å². The number of hydrogen-bond donors (Lipinski definition) is 1. The van der Waals surface area contributed by atoms with Gasteiger partial charge in [-0.1, -0.05) is 64.2 Å². The van der Waals surface area contributed by atoms with Crippen LogP contribution in [0.3, 0.4) is 0 Å². The smallest absolute Gasteiger partial charge is 0.269 e. The van der Waals surface area contributed by atoms with Gasteiger partial charge in [0.15, 0.2) is 0 Å². The fourth-order valence-corrected chi connectivity index (χ4v) is 3.42. The third-order valence-electron chi connectivity index (χ3n) is 4.76. The topological polar surface area (TPSA) is 37.8 Å². The molecular formula is C17H30N2O. The molecule has 1 aromatic heterocycles. The van der Waals surface area contributed by atoms with Crippen molar-refractivity contribution in [1.29, 1.82) is 0 Å². The molecule has 0 saturated heterocycles. The molecule has 1 aromatic rings. The minimum absolute atomic E-state index is 0.180. The molecule has 0 aliphatic heterocycles. The molecule has 1 aliphatic carbocycles. The number of rotatable bonds is 1. The first kappa shape index (κ1) is 15.4. The summed E-state index contributed by atoms with van der Waals surface area (Å²) in [4.78, 5) is 12.1. The van der Waals surface area contributed by atoms with Crippen molar-refractivity contribution in [3.63, 3.8) is 0 Å². The highest BCUT2D eigenvalue weighted by Gasteiger charge is 2.16. The summed E-state index contributed by atoms with van der Waals surface area (Å²) in [6.45, 7) is 0. The highest BCUT2D eigenvalue weighted by Crippen LogP contribution is 2.27. The van der Waals surface area contributed by atoms with E-state index in [1.54, 1.807) is 4.68 Å². The van der Waals surface area contributed by atoms with Crippen molar-refractivity contribution in [3.05, 3.63) is 22.1 Å². The molecule has 1 fully saturated rings. The predicted octanol–water partition coefficient (Wildman–Crippen LogP) is 4.49. The zero-order valence-electron chi connectivity index (χ0n) is 13.0. The van der Waals surface area contributed by atoms with Crippen molar-refractivity contribution in [1.82, 2.24) is 9.78 Å². The van der Waals surface area contributed by atoms with Crippen molar-refractivity contribution in [3.8, 4) is 0 Å². The first-order chi connectivity index (χ1) is 9.79. The summed E-state index contributed by atoms with van der Waals surface area (Å²) in [5, 5.41) is 3.03. The molecule has 0 atom stereocenters. The fourth-order valence-electron chi connectivity index (χ4n) is 3.42. The molecule has 0 radical (unpaired) electrons. The lowest BCUT2D eigenvalue weighted by Gasteiger charge is -2.14. The van der Waals surface area contributed by atoms with Crippen LogP contribution in [0.4, 0.5) is 0 Å². The molecule has 114 valence electrons. The molecule has 1 saturated carbocycles. The minimum Gasteiger partial charge on any atom is -0.303 e. The van der Waals surface area contributed by atoms with Crippen molar-refractivity contribution in [2.45, 2.75) is 83.0 Å². The molecule has 3 heteroatoms. The molecule has 3 nitrogen and oxygen atoms in total. The van der Waals surface area contributed by atoms with Crippen LogP contribution in [0, 0.1) is 0 Å². The Morgan fingerprint density at radius 3 is 1.75 bits per heavy atom. The molecule has 1 aliphatic rings. The molecule has 0 unspecified atom stereocenters. The van der Waals surface area contributed by atoms with Gasteiger partial charge in [0, 0.05) is 18.8 Å². The Labute approximate surface area is 122 Å². The zero-order valence-corrected chi connectivity index (χ0v) is 13.0. The maximum absolute atomic E-state index is 12.1. The van der Waals surface area contributed by atoms with Gasteiger partial charge in [-0.25, -0.2) is 0 Å². The van der Waals surface area contributed by atoms with E-state index in [0.717, 1.165) is 5.56 Å². The van der Waals surface area contributed by atoms with Gasteiger partial charge in [0.05, 0.1) is 0 Å². The van der Waals surface area contributed by atoms with E-state index in [1.165, 1.54) is 77.0 Å². The maximum Gasteiger partial charge on any atom is 0.269 e. The molecular weight excluding hydrogens is 248 g/mol. The van der Waals surface area contributed by atoms with Crippen LogP contribution in [-0.2, 0) is 7.05 Å². The number of hydrogen-bond acceptors (Lipinski definition) is 1. The summed E-state index contributed by atoms with van der Waals surface area (Å²) < 4.78 is 1.61. The summed E-state index contributed by atoms with van der Waals surface area (Å²) in [5.74, 6) is 0.473. The summed E-state index contributed by atoms with van der Waals surface area (Å²) in [5.41, 5.74) is 1.20. The Morgan fingerprint density at radius 2 is 1.35 bits per heavy atom. The third kappa shape index (κ3) is 4.53. The lowest BCUT2D eigenvalue weighted by molar-refractivity contribution is 0.498. The molecule has 1 N–H and O–H groups in total. The van der Waals surface area contributed by atoms with Crippen molar-refractivity contribution < 1.29 is 0 Å². The SMILES string of the molecule is Cn1[nH]cc(C2CCCCCCCCCCCC2)c1=O. The standard InChI is InChI=1S/C17H30N2O/c1-19-17(20)16(14-18-19)15-12-10-8-6-4-2-3-5-7-9-11-13-15/h14-15,18H,2-13H2,1H3. The number of nitrogens with zero attached hydrogens (tertiary/aromatic N) is 1. The van der Waals surface area contributed by atoms with Gasteiger partial charge in [0.25, 0.3) is 5.56 Å². The fraction of sp³-hybridized carbons (Fsp3) is 0.824. The number of aryl methyl sites for hydroxylation is 1. The van der Waals surface area contributed by atoms with Crippen LogP contribution in [0.25, 0.3) is 0 Å². The van der Waals surface area contributed by atoms with Gasteiger partial charge >= 0.3 is 0 Å². The van der Waals surface area contributed by atoms with Crippen LogP contribution >= 0.6 is 0 Å². The Hall–Kier alpha value is -0.990. The minimum atomic E-state index is 0.180. The first-order valence-corrected chi connectivity index (χ1v) is 8.53. The van der Waals surface area contributed by atoms with Crippen LogP contribution in [0.1, 0.15) is 88.5 Å². The third-order valence-corrected chi connectivity index (χ3v) is 4.76. The summed E-state index contributed by atoms with van der Waals surface area (Å²) in [7, 11) is 1.81. The lowest BCUT2D eigenvalue weighted by atomic mass is 9.90. The average molecular weight is 278 g/mol. The molecule has 1 heterocycles. The second-order valence-electron chi connectivity index (χ2n) is 6.40. The monoisotopic (exact) mass is 278 g/mol. The van der Waals surface area contributed by atoms with Gasteiger partial charge in [0.2, 0.25) is 0 Å². The number of H-pyrrole nitrogens is 1. The van der Waals surface area contributed by atoms with Crippen molar-refractivity contribution in [2.24, 2.45) is 7.05 Å².